The molecule has 2 aromatic rings. The van der Waals surface area contributed by atoms with E-state index in [0.717, 1.165) is 53.2 Å². The Morgan fingerprint density at radius 2 is 1.76 bits per heavy atom. The summed E-state index contributed by atoms with van der Waals surface area (Å²) in [4.78, 5) is 13.3. The van der Waals surface area contributed by atoms with Crippen molar-refractivity contribution in [2.75, 3.05) is 17.2 Å². The van der Waals surface area contributed by atoms with Crippen molar-refractivity contribution in [2.45, 2.75) is 52.5 Å². The van der Waals surface area contributed by atoms with Gasteiger partial charge in [0.15, 0.2) is 5.78 Å². The molecule has 2 N–H and O–H groups in total. The number of nitrogens with one attached hydrogen (secondary N) is 2. The molecule has 29 heavy (non-hydrogen) atoms. The molecule has 1 unspecified atom stereocenters. The van der Waals surface area contributed by atoms with Crippen LogP contribution in [0.3, 0.4) is 0 Å². The molecule has 1 atom stereocenters. The van der Waals surface area contributed by atoms with Crippen LogP contribution in [0.1, 0.15) is 58.1 Å². The van der Waals surface area contributed by atoms with E-state index in [1.165, 1.54) is 0 Å². The molecule has 4 rings (SSSR count). The molecule has 1 heterocycles. The van der Waals surface area contributed by atoms with Gasteiger partial charge >= 0.3 is 0 Å². The van der Waals surface area contributed by atoms with Crippen LogP contribution in [0.25, 0.3) is 0 Å². The number of hydrogen-bond acceptors (Lipinski definition) is 4. The number of allylic oxidation sites excluding steroid dienone is 1. The zero-order valence-electron chi connectivity index (χ0n) is 17.5. The Labute approximate surface area is 173 Å². The van der Waals surface area contributed by atoms with Gasteiger partial charge in [0.2, 0.25) is 0 Å². The molecule has 0 radical (unpaired) electrons. The Bertz CT molecular complexity index is 945. The van der Waals surface area contributed by atoms with Gasteiger partial charge in [-0.05, 0) is 36.5 Å². The minimum atomic E-state index is -0.234. The smallest absolute Gasteiger partial charge is 0.163 e. The van der Waals surface area contributed by atoms with E-state index in [-0.39, 0.29) is 17.2 Å². The topological polar surface area (TPSA) is 50.4 Å². The van der Waals surface area contributed by atoms with Crippen molar-refractivity contribution in [1.82, 2.24) is 0 Å². The third-order valence-electron chi connectivity index (χ3n) is 5.71. The van der Waals surface area contributed by atoms with Crippen LogP contribution in [0.2, 0.25) is 0 Å². The van der Waals surface area contributed by atoms with E-state index in [1.807, 2.05) is 30.3 Å². The first-order valence-electron chi connectivity index (χ1n) is 10.6. The molecule has 2 aliphatic rings. The van der Waals surface area contributed by atoms with Gasteiger partial charge in [-0.3, -0.25) is 4.79 Å². The number of benzene rings is 2. The summed E-state index contributed by atoms with van der Waals surface area (Å²) < 4.78 is 6.12. The van der Waals surface area contributed by atoms with Crippen molar-refractivity contribution < 1.29 is 9.53 Å². The Morgan fingerprint density at radius 1 is 1.03 bits per heavy atom. The maximum absolute atomic E-state index is 13.3. The highest BCUT2D eigenvalue weighted by atomic mass is 16.5. The van der Waals surface area contributed by atoms with Crippen LogP contribution in [0.4, 0.5) is 11.4 Å². The fourth-order valence-corrected chi connectivity index (χ4v) is 4.30. The molecule has 0 saturated heterocycles. The number of unbranched alkanes of at least 4 members (excludes halogenated alkanes) is 1. The van der Waals surface area contributed by atoms with E-state index in [9.17, 15) is 4.79 Å². The minimum absolute atomic E-state index is 0.0517. The van der Waals surface area contributed by atoms with Crippen LogP contribution < -0.4 is 15.4 Å². The quantitative estimate of drug-likeness (QED) is 0.607. The first-order valence-corrected chi connectivity index (χ1v) is 10.6. The van der Waals surface area contributed by atoms with Crippen molar-refractivity contribution in [3.63, 3.8) is 0 Å². The molecule has 0 fully saturated rings. The fraction of sp³-hybridized carbons (Fsp3) is 0.400. The fourth-order valence-electron chi connectivity index (χ4n) is 4.30. The molecule has 1 aliphatic heterocycles. The molecular formula is C25H30N2O2. The van der Waals surface area contributed by atoms with Gasteiger partial charge in [0.25, 0.3) is 0 Å². The Kier molecular flexibility index (Phi) is 5.35. The van der Waals surface area contributed by atoms with E-state index < -0.39 is 0 Å². The minimum Gasteiger partial charge on any atom is -0.493 e. The van der Waals surface area contributed by atoms with Crippen LogP contribution in [0.15, 0.2) is 59.8 Å². The number of para-hydroxylation sites is 3. The lowest BCUT2D eigenvalue weighted by Gasteiger charge is -2.34. The second-order valence-corrected chi connectivity index (χ2v) is 8.82. The monoisotopic (exact) mass is 390 g/mol. The summed E-state index contributed by atoms with van der Waals surface area (Å²) in [5.74, 6) is 1.06. The van der Waals surface area contributed by atoms with Crippen LogP contribution in [0, 0.1) is 5.41 Å². The zero-order valence-corrected chi connectivity index (χ0v) is 17.5. The Morgan fingerprint density at radius 3 is 2.55 bits per heavy atom. The van der Waals surface area contributed by atoms with E-state index in [0.29, 0.717) is 13.0 Å². The summed E-state index contributed by atoms with van der Waals surface area (Å²) in [5, 5.41) is 7.22. The lowest BCUT2D eigenvalue weighted by molar-refractivity contribution is -0.118. The number of Topliss-reactive ketones (excluding diaryl/α,β-unsaturated/α-hetero) is 1. The molecular weight excluding hydrogens is 360 g/mol. The van der Waals surface area contributed by atoms with Gasteiger partial charge in [0, 0.05) is 23.3 Å². The number of hydrogen-bond donors (Lipinski definition) is 2. The van der Waals surface area contributed by atoms with Crippen LogP contribution in [-0.4, -0.2) is 12.4 Å². The molecule has 0 saturated carbocycles. The first-order chi connectivity index (χ1) is 14.0. The van der Waals surface area contributed by atoms with Gasteiger partial charge in [-0.15, -0.1) is 0 Å². The number of carbonyl (C=O) groups is 1. The van der Waals surface area contributed by atoms with Gasteiger partial charge in [0.1, 0.15) is 5.75 Å². The van der Waals surface area contributed by atoms with E-state index in [2.05, 4.69) is 49.6 Å². The van der Waals surface area contributed by atoms with Gasteiger partial charge in [-0.25, -0.2) is 0 Å². The summed E-state index contributed by atoms with van der Waals surface area (Å²) in [7, 11) is 0. The molecule has 1 aliphatic carbocycles. The number of rotatable bonds is 5. The summed E-state index contributed by atoms with van der Waals surface area (Å²) in [6, 6.07) is 16.0. The first kappa shape index (κ1) is 19.6. The molecule has 2 aromatic carbocycles. The molecule has 0 amide bonds. The number of ether oxygens (including phenoxy) is 1. The molecule has 152 valence electrons. The summed E-state index contributed by atoms with van der Waals surface area (Å²) in [6.07, 6.45) is 3.50. The standard InChI is InChI=1S/C25H30N2O2/c1-4-5-14-29-22-13-9-6-10-17(22)24-23-20(15-25(2,3)16-21(23)28)26-18-11-7-8-12-19(18)27-24/h6-13,24,26-27H,4-5,14-16H2,1-3H3. The lowest BCUT2D eigenvalue weighted by atomic mass is 9.73. The van der Waals surface area contributed by atoms with Crippen molar-refractivity contribution in [1.29, 1.82) is 0 Å². The molecule has 4 nitrogen and oxygen atoms in total. The van der Waals surface area contributed by atoms with Gasteiger partial charge in [-0.1, -0.05) is 57.5 Å². The van der Waals surface area contributed by atoms with E-state index in [1.54, 1.807) is 0 Å². The summed E-state index contributed by atoms with van der Waals surface area (Å²) in [6.45, 7) is 7.17. The molecule has 0 bridgehead atoms. The number of fused-ring (bicyclic) bond motifs is 1. The third kappa shape index (κ3) is 4.02. The van der Waals surface area contributed by atoms with E-state index in [4.69, 9.17) is 4.74 Å². The van der Waals surface area contributed by atoms with E-state index >= 15 is 0 Å². The Balaban J connectivity index is 1.82. The number of ketones is 1. The highest BCUT2D eigenvalue weighted by molar-refractivity contribution is 6.01. The zero-order chi connectivity index (χ0) is 20.4. The molecule has 0 aromatic heterocycles. The van der Waals surface area contributed by atoms with Crippen molar-refractivity contribution in [2.24, 2.45) is 5.41 Å². The summed E-state index contributed by atoms with van der Waals surface area (Å²) >= 11 is 0. The average molecular weight is 391 g/mol. The normalized spacial score (nSPS) is 20.1. The largest absolute Gasteiger partial charge is 0.493 e. The molecule has 0 spiro atoms. The SMILES string of the molecule is CCCCOc1ccccc1C1Nc2ccccc2NC2=C1C(=O)CC(C)(C)C2. The summed E-state index contributed by atoms with van der Waals surface area (Å²) in [5.41, 5.74) is 4.84. The number of carbonyl (C=O) groups excluding carboxylic acids is 1. The molecule has 4 heteroatoms. The van der Waals surface area contributed by atoms with Gasteiger partial charge in [0.05, 0.1) is 24.0 Å². The van der Waals surface area contributed by atoms with Crippen molar-refractivity contribution in [3.8, 4) is 5.75 Å². The second-order valence-electron chi connectivity index (χ2n) is 8.82. The van der Waals surface area contributed by atoms with Crippen LogP contribution >= 0.6 is 0 Å². The second kappa shape index (κ2) is 7.94. The Hall–Kier alpha value is -2.75. The maximum Gasteiger partial charge on any atom is 0.163 e. The maximum atomic E-state index is 13.3. The highest BCUT2D eigenvalue weighted by Crippen LogP contribution is 2.46. The van der Waals surface area contributed by atoms with Gasteiger partial charge in [-0.2, -0.15) is 0 Å². The predicted molar refractivity (Wildman–Crippen MR) is 118 cm³/mol. The lowest BCUT2D eigenvalue weighted by Crippen LogP contribution is -2.31. The highest BCUT2D eigenvalue weighted by Gasteiger charge is 2.39. The van der Waals surface area contributed by atoms with Crippen LogP contribution in [0.5, 0.6) is 5.75 Å². The predicted octanol–water partition coefficient (Wildman–Crippen LogP) is 6.09. The average Bonchev–Trinajstić information content (AvgIpc) is 2.84. The van der Waals surface area contributed by atoms with Gasteiger partial charge < -0.3 is 15.4 Å². The van der Waals surface area contributed by atoms with Crippen LogP contribution in [-0.2, 0) is 4.79 Å². The third-order valence-corrected chi connectivity index (χ3v) is 5.71. The van der Waals surface area contributed by atoms with Crippen molar-refractivity contribution in [3.05, 3.63) is 65.4 Å². The van der Waals surface area contributed by atoms with Crippen molar-refractivity contribution >= 4 is 17.2 Å². The number of anilines is 2.